The molecule has 2 aliphatic rings. The molecule has 2 aromatic rings. The molecular formula is C19H27N5O2S2. The van der Waals surface area contributed by atoms with Gasteiger partial charge in [0, 0.05) is 31.1 Å². The number of amides is 1. The number of fused-ring (bicyclic) bond motifs is 1. The smallest absolute Gasteiger partial charge is 0.233 e. The minimum atomic E-state index is 0.187. The van der Waals surface area contributed by atoms with Gasteiger partial charge in [-0.1, -0.05) is 18.7 Å². The zero-order chi connectivity index (χ0) is 19.5. The van der Waals surface area contributed by atoms with Gasteiger partial charge in [-0.05, 0) is 36.8 Å². The van der Waals surface area contributed by atoms with Crippen LogP contribution in [0.1, 0.15) is 36.8 Å². The fourth-order valence-corrected chi connectivity index (χ4v) is 5.82. The quantitative estimate of drug-likeness (QED) is 0.669. The molecule has 0 aliphatic carbocycles. The summed E-state index contributed by atoms with van der Waals surface area (Å²) < 4.78 is 7.54. The second kappa shape index (κ2) is 8.84. The Kier molecular flexibility index (Phi) is 6.22. The van der Waals surface area contributed by atoms with Crippen LogP contribution in [0.15, 0.2) is 16.6 Å². The van der Waals surface area contributed by atoms with Gasteiger partial charge in [0.1, 0.15) is 0 Å². The molecule has 4 heterocycles. The van der Waals surface area contributed by atoms with Crippen molar-refractivity contribution in [2.45, 2.75) is 44.4 Å². The number of rotatable bonds is 6. The maximum atomic E-state index is 13.0. The van der Waals surface area contributed by atoms with Crippen molar-refractivity contribution in [2.75, 3.05) is 43.5 Å². The van der Waals surface area contributed by atoms with E-state index in [2.05, 4.69) is 49.9 Å². The Bertz CT molecular complexity index is 815. The van der Waals surface area contributed by atoms with Crippen LogP contribution in [0, 0.1) is 0 Å². The molecule has 152 valence electrons. The highest BCUT2D eigenvalue weighted by molar-refractivity contribution is 7.99. The van der Waals surface area contributed by atoms with Crippen molar-refractivity contribution in [3.63, 3.8) is 0 Å². The number of carbonyl (C=O) groups is 1. The number of carbonyl (C=O) groups excluding carboxylic acids is 1. The van der Waals surface area contributed by atoms with Gasteiger partial charge in [0.2, 0.25) is 11.9 Å². The molecule has 7 nitrogen and oxygen atoms in total. The Morgan fingerprint density at radius 2 is 2.11 bits per heavy atom. The number of morpholine rings is 1. The van der Waals surface area contributed by atoms with E-state index in [1.54, 1.807) is 0 Å². The Morgan fingerprint density at radius 3 is 2.86 bits per heavy atom. The normalized spacial score (nSPS) is 19.7. The van der Waals surface area contributed by atoms with Gasteiger partial charge in [-0.15, -0.1) is 21.5 Å². The molecule has 2 aliphatic heterocycles. The molecule has 1 atom stereocenters. The van der Waals surface area contributed by atoms with Crippen LogP contribution in [0.3, 0.4) is 0 Å². The average Bonchev–Trinajstić information content (AvgIpc) is 3.38. The van der Waals surface area contributed by atoms with Gasteiger partial charge in [-0.25, -0.2) is 0 Å². The van der Waals surface area contributed by atoms with Crippen LogP contribution in [-0.2, 0) is 22.5 Å². The molecule has 0 spiro atoms. The number of ether oxygens (including phenoxy) is 1. The SMILES string of the molecule is CCC1c2ccsc2CCN1C(=O)CSc1nnc(N2CCOCC2)n1CC. The fourth-order valence-electron chi connectivity index (χ4n) is 4.01. The number of thiophene rings is 1. The summed E-state index contributed by atoms with van der Waals surface area (Å²) in [6, 6.07) is 2.39. The van der Waals surface area contributed by atoms with Gasteiger partial charge in [0.25, 0.3) is 0 Å². The first-order chi connectivity index (χ1) is 13.7. The van der Waals surface area contributed by atoms with Gasteiger partial charge < -0.3 is 14.5 Å². The first kappa shape index (κ1) is 19.7. The third kappa shape index (κ3) is 3.79. The number of aromatic nitrogens is 3. The molecule has 0 bridgehead atoms. The van der Waals surface area contributed by atoms with Gasteiger partial charge in [0.05, 0.1) is 25.0 Å². The number of hydrogen-bond donors (Lipinski definition) is 0. The van der Waals surface area contributed by atoms with Crippen molar-refractivity contribution in [1.29, 1.82) is 0 Å². The molecule has 1 amide bonds. The van der Waals surface area contributed by atoms with Crippen LogP contribution >= 0.6 is 23.1 Å². The van der Waals surface area contributed by atoms with E-state index in [4.69, 9.17) is 4.74 Å². The molecule has 0 saturated carbocycles. The summed E-state index contributed by atoms with van der Waals surface area (Å²) >= 11 is 3.31. The first-order valence-electron chi connectivity index (χ1n) is 9.97. The van der Waals surface area contributed by atoms with E-state index in [0.717, 1.165) is 63.3 Å². The monoisotopic (exact) mass is 421 g/mol. The maximum absolute atomic E-state index is 13.0. The minimum absolute atomic E-state index is 0.187. The standard InChI is InChI=1S/C19H27N5O2S2/c1-3-15-14-6-12-27-16(14)5-7-24(15)17(25)13-28-19-21-20-18(23(19)4-2)22-8-10-26-11-9-22/h6,12,15H,3-5,7-11,13H2,1-2H3. The largest absolute Gasteiger partial charge is 0.378 e. The highest BCUT2D eigenvalue weighted by Gasteiger charge is 2.30. The second-order valence-corrected chi connectivity index (χ2v) is 8.92. The Morgan fingerprint density at radius 1 is 1.29 bits per heavy atom. The van der Waals surface area contributed by atoms with Crippen molar-refractivity contribution in [3.05, 3.63) is 21.9 Å². The molecule has 2 aromatic heterocycles. The lowest BCUT2D eigenvalue weighted by Crippen LogP contribution is -2.40. The third-order valence-corrected chi connectivity index (χ3v) is 7.38. The Balaban J connectivity index is 1.43. The van der Waals surface area contributed by atoms with Crippen LogP contribution in [0.2, 0.25) is 0 Å². The average molecular weight is 422 g/mol. The zero-order valence-electron chi connectivity index (χ0n) is 16.5. The number of nitrogens with zero attached hydrogens (tertiary/aromatic N) is 5. The van der Waals surface area contributed by atoms with Gasteiger partial charge in [0.15, 0.2) is 5.16 Å². The van der Waals surface area contributed by atoms with Crippen LogP contribution < -0.4 is 4.90 Å². The summed E-state index contributed by atoms with van der Waals surface area (Å²) in [5, 5.41) is 11.7. The van der Waals surface area contributed by atoms with E-state index >= 15 is 0 Å². The number of hydrogen-bond acceptors (Lipinski definition) is 7. The highest BCUT2D eigenvalue weighted by atomic mass is 32.2. The van der Waals surface area contributed by atoms with E-state index in [1.807, 2.05) is 11.3 Å². The first-order valence-corrected chi connectivity index (χ1v) is 11.8. The molecule has 0 radical (unpaired) electrons. The lowest BCUT2D eigenvalue weighted by Gasteiger charge is -2.35. The van der Waals surface area contributed by atoms with Crippen molar-refractivity contribution in [2.24, 2.45) is 0 Å². The summed E-state index contributed by atoms with van der Waals surface area (Å²) in [6.07, 6.45) is 1.92. The number of anilines is 1. The Labute approximate surface area is 174 Å². The van der Waals surface area contributed by atoms with Gasteiger partial charge in [-0.3, -0.25) is 9.36 Å². The van der Waals surface area contributed by atoms with E-state index in [-0.39, 0.29) is 11.9 Å². The van der Waals surface area contributed by atoms with Crippen molar-refractivity contribution in [1.82, 2.24) is 19.7 Å². The summed E-state index contributed by atoms with van der Waals surface area (Å²) in [5.41, 5.74) is 1.34. The zero-order valence-corrected chi connectivity index (χ0v) is 18.1. The summed E-state index contributed by atoms with van der Waals surface area (Å²) in [4.78, 5) is 18.7. The molecule has 9 heteroatoms. The van der Waals surface area contributed by atoms with Crippen LogP contribution in [-0.4, -0.2) is 64.2 Å². The summed E-state index contributed by atoms with van der Waals surface area (Å²) in [5.74, 6) is 1.47. The Hall–Kier alpha value is -1.58. The van der Waals surface area contributed by atoms with Crippen molar-refractivity contribution in [3.8, 4) is 0 Å². The van der Waals surface area contributed by atoms with Gasteiger partial charge >= 0.3 is 0 Å². The molecule has 1 unspecified atom stereocenters. The predicted octanol–water partition coefficient (Wildman–Crippen LogP) is 2.82. The predicted molar refractivity (Wildman–Crippen MR) is 112 cm³/mol. The summed E-state index contributed by atoms with van der Waals surface area (Å²) in [7, 11) is 0. The number of thioether (sulfide) groups is 1. The van der Waals surface area contributed by atoms with E-state index in [1.165, 1.54) is 22.2 Å². The van der Waals surface area contributed by atoms with E-state index < -0.39 is 0 Å². The molecule has 0 aromatic carbocycles. The van der Waals surface area contributed by atoms with Crippen molar-refractivity contribution >= 4 is 35.0 Å². The van der Waals surface area contributed by atoms with Crippen LogP contribution in [0.4, 0.5) is 5.95 Å². The molecule has 4 rings (SSSR count). The molecule has 28 heavy (non-hydrogen) atoms. The van der Waals surface area contributed by atoms with Crippen LogP contribution in [0.5, 0.6) is 0 Å². The van der Waals surface area contributed by atoms with E-state index in [9.17, 15) is 4.79 Å². The van der Waals surface area contributed by atoms with E-state index in [0.29, 0.717) is 5.75 Å². The van der Waals surface area contributed by atoms with Crippen molar-refractivity contribution < 1.29 is 9.53 Å². The molecule has 0 N–H and O–H groups in total. The highest BCUT2D eigenvalue weighted by Crippen LogP contribution is 2.35. The molecule has 1 saturated heterocycles. The topological polar surface area (TPSA) is 63.5 Å². The maximum Gasteiger partial charge on any atom is 0.233 e. The molecular weight excluding hydrogens is 394 g/mol. The third-order valence-electron chi connectivity index (χ3n) is 5.43. The van der Waals surface area contributed by atoms with Gasteiger partial charge in [-0.2, -0.15) is 0 Å². The second-order valence-electron chi connectivity index (χ2n) is 6.98. The fraction of sp³-hybridized carbons (Fsp3) is 0.632. The molecule has 1 fully saturated rings. The summed E-state index contributed by atoms with van der Waals surface area (Å²) in [6.45, 7) is 8.95. The minimum Gasteiger partial charge on any atom is -0.378 e. The van der Waals surface area contributed by atoms with Crippen LogP contribution in [0.25, 0.3) is 0 Å². The lowest BCUT2D eigenvalue weighted by molar-refractivity contribution is -0.131. The lowest BCUT2D eigenvalue weighted by atomic mass is 9.98.